The molecule has 1 unspecified atom stereocenters. The van der Waals surface area contributed by atoms with Crippen molar-refractivity contribution in [3.8, 4) is 5.75 Å². The lowest BCUT2D eigenvalue weighted by atomic mass is 10.0. The molecule has 0 saturated carbocycles. The summed E-state index contributed by atoms with van der Waals surface area (Å²) in [7, 11) is 1.55. The lowest BCUT2D eigenvalue weighted by Gasteiger charge is -2.11. The van der Waals surface area contributed by atoms with Crippen molar-refractivity contribution in [3.63, 3.8) is 0 Å². The Morgan fingerprint density at radius 1 is 1.48 bits per heavy atom. The zero-order chi connectivity index (χ0) is 15.7. The van der Waals surface area contributed by atoms with Crippen LogP contribution < -0.4 is 15.8 Å². The predicted molar refractivity (Wildman–Crippen MR) is 78.8 cm³/mol. The van der Waals surface area contributed by atoms with Crippen LogP contribution in [-0.2, 0) is 16.0 Å². The van der Waals surface area contributed by atoms with Gasteiger partial charge >= 0.3 is 0 Å². The molecule has 1 atom stereocenters. The van der Waals surface area contributed by atoms with Crippen LogP contribution in [0.1, 0.15) is 18.9 Å². The van der Waals surface area contributed by atoms with Crippen molar-refractivity contribution in [1.29, 1.82) is 0 Å². The molecular formula is C15H23FN2O3. The van der Waals surface area contributed by atoms with Crippen molar-refractivity contribution in [2.75, 3.05) is 26.9 Å². The summed E-state index contributed by atoms with van der Waals surface area (Å²) in [4.78, 5) is 11.4. The van der Waals surface area contributed by atoms with E-state index in [-0.39, 0.29) is 24.3 Å². The average molecular weight is 298 g/mol. The first-order chi connectivity index (χ1) is 10.1. The molecule has 118 valence electrons. The summed E-state index contributed by atoms with van der Waals surface area (Å²) in [5.41, 5.74) is 6.65. The van der Waals surface area contributed by atoms with E-state index in [2.05, 4.69) is 5.32 Å². The van der Waals surface area contributed by atoms with Gasteiger partial charge in [-0.3, -0.25) is 4.79 Å². The van der Waals surface area contributed by atoms with Crippen molar-refractivity contribution < 1.29 is 18.7 Å². The second kappa shape index (κ2) is 9.31. The van der Waals surface area contributed by atoms with Crippen LogP contribution in [0.25, 0.3) is 0 Å². The van der Waals surface area contributed by atoms with E-state index in [1.807, 2.05) is 6.92 Å². The van der Waals surface area contributed by atoms with Crippen molar-refractivity contribution in [2.24, 2.45) is 5.73 Å². The van der Waals surface area contributed by atoms with Crippen molar-refractivity contribution in [2.45, 2.75) is 25.8 Å². The minimum atomic E-state index is -0.486. The number of benzene rings is 1. The molecule has 21 heavy (non-hydrogen) atoms. The van der Waals surface area contributed by atoms with Gasteiger partial charge in [0.15, 0.2) is 18.2 Å². The molecule has 0 spiro atoms. The highest BCUT2D eigenvalue weighted by Gasteiger charge is 2.09. The van der Waals surface area contributed by atoms with E-state index in [1.54, 1.807) is 13.2 Å². The van der Waals surface area contributed by atoms with Gasteiger partial charge in [0, 0.05) is 19.7 Å². The van der Waals surface area contributed by atoms with Crippen LogP contribution in [0.2, 0.25) is 0 Å². The summed E-state index contributed by atoms with van der Waals surface area (Å²) < 4.78 is 23.8. The Morgan fingerprint density at radius 3 is 2.86 bits per heavy atom. The second-order valence-electron chi connectivity index (χ2n) is 4.77. The fourth-order valence-electron chi connectivity index (χ4n) is 1.72. The van der Waals surface area contributed by atoms with Crippen LogP contribution in [0.3, 0.4) is 0 Å². The molecule has 0 saturated heterocycles. The highest BCUT2D eigenvalue weighted by Crippen LogP contribution is 2.19. The zero-order valence-corrected chi connectivity index (χ0v) is 12.5. The highest BCUT2D eigenvalue weighted by molar-refractivity contribution is 5.77. The number of carbonyl (C=O) groups is 1. The van der Waals surface area contributed by atoms with Gasteiger partial charge in [-0.15, -0.1) is 0 Å². The fraction of sp³-hybridized carbons (Fsp3) is 0.533. The monoisotopic (exact) mass is 298 g/mol. The van der Waals surface area contributed by atoms with E-state index >= 15 is 0 Å². The number of hydrogen-bond acceptors (Lipinski definition) is 4. The number of rotatable bonds is 9. The van der Waals surface area contributed by atoms with Gasteiger partial charge in [0.05, 0.1) is 6.61 Å². The maximum atomic E-state index is 13.8. The first-order valence-electron chi connectivity index (χ1n) is 6.99. The van der Waals surface area contributed by atoms with Crippen LogP contribution in [-0.4, -0.2) is 38.8 Å². The number of halogens is 1. The SMILES string of the molecule is CCC(N)Cc1ccc(OCC(=O)NCCOC)c(F)c1. The molecule has 1 aromatic rings. The van der Waals surface area contributed by atoms with Crippen molar-refractivity contribution in [3.05, 3.63) is 29.6 Å². The number of nitrogens with one attached hydrogen (secondary N) is 1. The minimum Gasteiger partial charge on any atom is -0.481 e. The van der Waals surface area contributed by atoms with Gasteiger partial charge < -0.3 is 20.5 Å². The quantitative estimate of drug-likeness (QED) is 0.673. The van der Waals surface area contributed by atoms with Crippen LogP contribution >= 0.6 is 0 Å². The number of carbonyl (C=O) groups excluding carboxylic acids is 1. The summed E-state index contributed by atoms with van der Waals surface area (Å²) in [5.74, 6) is -0.741. The number of methoxy groups -OCH3 is 1. The Kier molecular flexibility index (Phi) is 7.71. The normalized spacial score (nSPS) is 12.0. The maximum Gasteiger partial charge on any atom is 0.258 e. The van der Waals surface area contributed by atoms with Gasteiger partial charge in [0.1, 0.15) is 0 Å². The van der Waals surface area contributed by atoms with Crippen LogP contribution in [0.5, 0.6) is 5.75 Å². The number of ether oxygens (including phenoxy) is 2. The lowest BCUT2D eigenvalue weighted by molar-refractivity contribution is -0.123. The van der Waals surface area contributed by atoms with Gasteiger partial charge in [-0.2, -0.15) is 0 Å². The molecule has 0 aliphatic heterocycles. The summed E-state index contributed by atoms with van der Waals surface area (Å²) in [6.45, 7) is 2.58. The van der Waals surface area contributed by atoms with E-state index in [9.17, 15) is 9.18 Å². The maximum absolute atomic E-state index is 13.8. The Balaban J connectivity index is 2.47. The molecule has 0 radical (unpaired) electrons. The molecule has 0 fully saturated rings. The largest absolute Gasteiger partial charge is 0.481 e. The second-order valence-corrected chi connectivity index (χ2v) is 4.77. The number of amides is 1. The van der Waals surface area contributed by atoms with Crippen LogP contribution in [0.4, 0.5) is 4.39 Å². The standard InChI is InChI=1S/C15H23FN2O3/c1-3-12(17)8-11-4-5-14(13(16)9-11)21-10-15(19)18-6-7-20-2/h4-5,9,12H,3,6-8,10,17H2,1-2H3,(H,18,19). The topological polar surface area (TPSA) is 73.6 Å². The molecule has 1 amide bonds. The van der Waals surface area contributed by atoms with Crippen molar-refractivity contribution in [1.82, 2.24) is 5.32 Å². The number of nitrogens with two attached hydrogens (primary N) is 1. The highest BCUT2D eigenvalue weighted by atomic mass is 19.1. The van der Waals surface area contributed by atoms with E-state index in [0.29, 0.717) is 19.6 Å². The van der Waals surface area contributed by atoms with E-state index < -0.39 is 5.82 Å². The Bertz CT molecular complexity index is 455. The molecule has 1 rings (SSSR count). The van der Waals surface area contributed by atoms with Gasteiger partial charge in [-0.05, 0) is 30.5 Å². The van der Waals surface area contributed by atoms with Gasteiger partial charge in [-0.25, -0.2) is 4.39 Å². The molecule has 0 aromatic heterocycles. The van der Waals surface area contributed by atoms with Crippen LogP contribution in [0.15, 0.2) is 18.2 Å². The molecule has 6 heteroatoms. The summed E-state index contributed by atoms with van der Waals surface area (Å²) in [5, 5.41) is 2.59. The summed E-state index contributed by atoms with van der Waals surface area (Å²) >= 11 is 0. The Labute approximate surface area is 124 Å². The van der Waals surface area contributed by atoms with Gasteiger partial charge in [0.2, 0.25) is 0 Å². The molecule has 5 nitrogen and oxygen atoms in total. The lowest BCUT2D eigenvalue weighted by Crippen LogP contribution is -2.31. The smallest absolute Gasteiger partial charge is 0.258 e. The average Bonchev–Trinajstić information content (AvgIpc) is 2.46. The third kappa shape index (κ3) is 6.55. The Hall–Kier alpha value is -1.66. The third-order valence-electron chi connectivity index (χ3n) is 3.01. The van der Waals surface area contributed by atoms with Gasteiger partial charge in [-0.1, -0.05) is 13.0 Å². The van der Waals surface area contributed by atoms with E-state index in [0.717, 1.165) is 12.0 Å². The van der Waals surface area contributed by atoms with E-state index in [4.69, 9.17) is 15.2 Å². The predicted octanol–water partition coefficient (Wildman–Crippen LogP) is 1.25. The molecule has 3 N–H and O–H groups in total. The first kappa shape index (κ1) is 17.4. The summed E-state index contributed by atoms with van der Waals surface area (Å²) in [6, 6.07) is 4.70. The molecule has 0 aliphatic carbocycles. The zero-order valence-electron chi connectivity index (χ0n) is 12.5. The molecule has 1 aromatic carbocycles. The summed E-state index contributed by atoms with van der Waals surface area (Å²) in [6.07, 6.45) is 1.45. The molecule has 0 bridgehead atoms. The Morgan fingerprint density at radius 2 is 2.24 bits per heavy atom. The van der Waals surface area contributed by atoms with Gasteiger partial charge in [0.25, 0.3) is 5.91 Å². The van der Waals surface area contributed by atoms with Crippen molar-refractivity contribution >= 4 is 5.91 Å². The molecular weight excluding hydrogens is 275 g/mol. The third-order valence-corrected chi connectivity index (χ3v) is 3.01. The minimum absolute atomic E-state index is 0.0164. The fourth-order valence-corrected chi connectivity index (χ4v) is 1.72. The molecule has 0 heterocycles. The first-order valence-corrected chi connectivity index (χ1v) is 6.99. The van der Waals surface area contributed by atoms with E-state index in [1.165, 1.54) is 12.1 Å². The van der Waals surface area contributed by atoms with Crippen LogP contribution in [0, 0.1) is 5.82 Å². The molecule has 0 aliphatic rings. The number of hydrogen-bond donors (Lipinski definition) is 2.